The van der Waals surface area contributed by atoms with Crippen molar-refractivity contribution in [2.45, 2.75) is 6.04 Å². The molecule has 0 saturated heterocycles. The fourth-order valence-corrected chi connectivity index (χ4v) is 1.29. The lowest BCUT2D eigenvalue weighted by molar-refractivity contribution is -0.138. The van der Waals surface area contributed by atoms with Gasteiger partial charge in [0.2, 0.25) is 5.75 Å². The molecule has 0 heterocycles. The van der Waals surface area contributed by atoms with Gasteiger partial charge in [-0.2, -0.15) is 0 Å². The van der Waals surface area contributed by atoms with Crippen LogP contribution < -0.4 is 15.2 Å². The number of carboxylic acids is 1. The van der Waals surface area contributed by atoms with Crippen LogP contribution in [0.1, 0.15) is 11.6 Å². The average molecular weight is 227 g/mol. The number of methoxy groups -OCH3 is 2. The molecule has 0 bridgehead atoms. The van der Waals surface area contributed by atoms with E-state index in [1.807, 2.05) is 0 Å². The molecule has 1 unspecified atom stereocenters. The van der Waals surface area contributed by atoms with Crippen molar-refractivity contribution >= 4 is 5.97 Å². The van der Waals surface area contributed by atoms with E-state index in [4.69, 9.17) is 20.3 Å². The van der Waals surface area contributed by atoms with Crippen molar-refractivity contribution in [1.82, 2.24) is 0 Å². The van der Waals surface area contributed by atoms with Crippen molar-refractivity contribution in [3.63, 3.8) is 0 Å². The van der Waals surface area contributed by atoms with Gasteiger partial charge in [-0.25, -0.2) is 0 Å². The Morgan fingerprint density at radius 2 is 2.00 bits per heavy atom. The summed E-state index contributed by atoms with van der Waals surface area (Å²) in [4.78, 5) is 10.7. The number of ether oxygens (including phenoxy) is 2. The molecule has 1 rings (SSSR count). The molecule has 6 nitrogen and oxygen atoms in total. The summed E-state index contributed by atoms with van der Waals surface area (Å²) >= 11 is 0. The van der Waals surface area contributed by atoms with Gasteiger partial charge >= 0.3 is 5.97 Å². The number of carbonyl (C=O) groups is 1. The molecule has 0 amide bonds. The van der Waals surface area contributed by atoms with Crippen LogP contribution in [0.4, 0.5) is 0 Å². The molecule has 6 heteroatoms. The molecule has 0 fully saturated rings. The molecule has 16 heavy (non-hydrogen) atoms. The first kappa shape index (κ1) is 12.1. The minimum absolute atomic E-state index is 0.142. The van der Waals surface area contributed by atoms with Gasteiger partial charge in [-0.15, -0.1) is 0 Å². The molecule has 4 N–H and O–H groups in total. The second-order valence-corrected chi connectivity index (χ2v) is 3.09. The zero-order chi connectivity index (χ0) is 12.3. The molecule has 88 valence electrons. The minimum atomic E-state index is -1.22. The Morgan fingerprint density at radius 3 is 2.44 bits per heavy atom. The Balaban J connectivity index is 3.25. The monoisotopic (exact) mass is 227 g/mol. The first-order valence-corrected chi connectivity index (χ1v) is 4.44. The van der Waals surface area contributed by atoms with Gasteiger partial charge in [0.1, 0.15) is 6.04 Å². The number of phenols is 1. The van der Waals surface area contributed by atoms with Gasteiger partial charge in [0.15, 0.2) is 11.5 Å². The standard InChI is InChI=1S/C10H13NO5/c1-15-7-4-5(8(11)10(13)14)3-6(12)9(7)16-2/h3-4,8,12H,11H2,1-2H3,(H,13,14). The molecule has 1 atom stereocenters. The Hall–Kier alpha value is -1.95. The Kier molecular flexibility index (Phi) is 3.57. The largest absolute Gasteiger partial charge is 0.504 e. The van der Waals surface area contributed by atoms with Crippen LogP contribution in [-0.4, -0.2) is 30.4 Å². The smallest absolute Gasteiger partial charge is 0.325 e. The zero-order valence-electron chi connectivity index (χ0n) is 8.93. The third-order valence-electron chi connectivity index (χ3n) is 2.11. The number of benzene rings is 1. The predicted molar refractivity (Wildman–Crippen MR) is 55.8 cm³/mol. The molecule has 1 aromatic rings. The first-order chi connectivity index (χ1) is 7.51. The van der Waals surface area contributed by atoms with Crippen LogP contribution in [-0.2, 0) is 4.79 Å². The fraction of sp³-hybridized carbons (Fsp3) is 0.300. The predicted octanol–water partition coefficient (Wildman–Crippen LogP) is 0.494. The minimum Gasteiger partial charge on any atom is -0.504 e. The first-order valence-electron chi connectivity index (χ1n) is 4.44. The Labute approximate surface area is 92.2 Å². The van der Waals surface area contributed by atoms with Gasteiger partial charge < -0.3 is 25.4 Å². The van der Waals surface area contributed by atoms with Crippen LogP contribution in [0.2, 0.25) is 0 Å². The van der Waals surface area contributed by atoms with Gasteiger partial charge in [0.05, 0.1) is 14.2 Å². The van der Waals surface area contributed by atoms with Crippen molar-refractivity contribution in [2.24, 2.45) is 5.73 Å². The van der Waals surface area contributed by atoms with Gasteiger partial charge in [-0.05, 0) is 17.7 Å². The second-order valence-electron chi connectivity index (χ2n) is 3.09. The summed E-state index contributed by atoms with van der Waals surface area (Å²) in [5, 5.41) is 18.3. The van der Waals surface area contributed by atoms with E-state index in [-0.39, 0.29) is 22.8 Å². The topological polar surface area (TPSA) is 102 Å². The van der Waals surface area contributed by atoms with Crippen LogP contribution in [0.3, 0.4) is 0 Å². The van der Waals surface area contributed by atoms with Crippen molar-refractivity contribution in [1.29, 1.82) is 0 Å². The fourth-order valence-electron chi connectivity index (χ4n) is 1.29. The maximum absolute atomic E-state index is 10.7. The van der Waals surface area contributed by atoms with E-state index in [9.17, 15) is 9.90 Å². The molecule has 0 aliphatic carbocycles. The number of hydrogen-bond donors (Lipinski definition) is 3. The van der Waals surface area contributed by atoms with Crippen LogP contribution >= 0.6 is 0 Å². The summed E-state index contributed by atoms with van der Waals surface area (Å²) in [7, 11) is 2.75. The Bertz CT molecular complexity index is 404. The van der Waals surface area contributed by atoms with E-state index in [1.54, 1.807) is 0 Å². The number of aliphatic carboxylic acids is 1. The lowest BCUT2D eigenvalue weighted by Crippen LogP contribution is -2.20. The normalized spacial score (nSPS) is 11.9. The zero-order valence-corrected chi connectivity index (χ0v) is 8.93. The van der Waals surface area contributed by atoms with Crippen LogP contribution in [0.25, 0.3) is 0 Å². The highest BCUT2D eigenvalue weighted by atomic mass is 16.5. The third kappa shape index (κ3) is 2.17. The lowest BCUT2D eigenvalue weighted by atomic mass is 10.1. The van der Waals surface area contributed by atoms with Gasteiger partial charge in [-0.1, -0.05) is 0 Å². The Morgan fingerprint density at radius 1 is 1.38 bits per heavy atom. The summed E-state index contributed by atoms with van der Waals surface area (Å²) < 4.78 is 9.85. The summed E-state index contributed by atoms with van der Waals surface area (Å²) in [5.41, 5.74) is 5.65. The number of carboxylic acid groups (broad SMARTS) is 1. The number of aromatic hydroxyl groups is 1. The van der Waals surface area contributed by atoms with E-state index >= 15 is 0 Å². The summed E-state index contributed by atoms with van der Waals surface area (Å²) in [5.74, 6) is -1.03. The van der Waals surface area contributed by atoms with E-state index in [2.05, 4.69) is 0 Å². The van der Waals surface area contributed by atoms with E-state index < -0.39 is 12.0 Å². The molecular formula is C10H13NO5. The third-order valence-corrected chi connectivity index (χ3v) is 2.11. The van der Waals surface area contributed by atoms with E-state index in [0.717, 1.165) is 0 Å². The van der Waals surface area contributed by atoms with Crippen molar-refractivity contribution in [3.8, 4) is 17.2 Å². The average Bonchev–Trinajstić information content (AvgIpc) is 2.26. The van der Waals surface area contributed by atoms with Crippen LogP contribution in [0.15, 0.2) is 12.1 Å². The van der Waals surface area contributed by atoms with E-state index in [1.165, 1.54) is 26.4 Å². The summed E-state index contributed by atoms with van der Waals surface area (Å²) in [6.45, 7) is 0. The molecular weight excluding hydrogens is 214 g/mol. The maximum Gasteiger partial charge on any atom is 0.325 e. The van der Waals surface area contributed by atoms with Gasteiger partial charge in [0, 0.05) is 0 Å². The summed E-state index contributed by atoms with van der Waals surface area (Å²) in [6, 6.07) is 1.43. The van der Waals surface area contributed by atoms with Gasteiger partial charge in [0.25, 0.3) is 0 Å². The SMILES string of the molecule is COc1cc(C(N)C(=O)O)cc(O)c1OC. The lowest BCUT2D eigenvalue weighted by Gasteiger charge is -2.13. The van der Waals surface area contributed by atoms with Crippen molar-refractivity contribution in [3.05, 3.63) is 17.7 Å². The summed E-state index contributed by atoms with van der Waals surface area (Å²) in [6.07, 6.45) is 0. The number of hydrogen-bond acceptors (Lipinski definition) is 5. The molecule has 0 radical (unpaired) electrons. The second kappa shape index (κ2) is 4.71. The number of rotatable bonds is 4. The van der Waals surface area contributed by atoms with E-state index in [0.29, 0.717) is 0 Å². The molecule has 0 aliphatic rings. The van der Waals surface area contributed by atoms with Crippen molar-refractivity contribution < 1.29 is 24.5 Å². The van der Waals surface area contributed by atoms with Crippen LogP contribution in [0, 0.1) is 0 Å². The highest BCUT2D eigenvalue weighted by Crippen LogP contribution is 2.38. The quantitative estimate of drug-likeness (QED) is 0.692. The van der Waals surface area contributed by atoms with Gasteiger partial charge in [-0.3, -0.25) is 4.79 Å². The molecule has 0 saturated carbocycles. The molecule has 0 aliphatic heterocycles. The highest BCUT2D eigenvalue weighted by Gasteiger charge is 2.19. The highest BCUT2D eigenvalue weighted by molar-refractivity contribution is 5.76. The van der Waals surface area contributed by atoms with Crippen molar-refractivity contribution in [2.75, 3.05) is 14.2 Å². The number of phenolic OH excluding ortho intramolecular Hbond substituents is 1. The maximum atomic E-state index is 10.7. The number of nitrogens with two attached hydrogens (primary N) is 1. The van der Waals surface area contributed by atoms with Crippen LogP contribution in [0.5, 0.6) is 17.2 Å². The molecule has 1 aromatic carbocycles. The molecule has 0 spiro atoms. The molecule has 0 aromatic heterocycles.